The summed E-state index contributed by atoms with van der Waals surface area (Å²) in [6, 6.07) is 0. The SMILES string of the molecule is C#CCCNC(=O)CCC(CC)CCN. The first-order valence-electron chi connectivity index (χ1n) is 5.64. The molecule has 0 saturated carbocycles. The number of hydrogen-bond donors (Lipinski definition) is 2. The standard InChI is InChI=1S/C12H22N2O/c1-3-5-10-14-12(15)7-6-11(4-2)8-9-13/h1,11H,4-10,13H2,2H3,(H,14,15). The van der Waals surface area contributed by atoms with Gasteiger partial charge in [0, 0.05) is 19.4 Å². The van der Waals surface area contributed by atoms with Gasteiger partial charge in [0.2, 0.25) is 5.91 Å². The summed E-state index contributed by atoms with van der Waals surface area (Å²) >= 11 is 0. The second-order valence-corrected chi connectivity index (χ2v) is 3.69. The van der Waals surface area contributed by atoms with E-state index >= 15 is 0 Å². The average Bonchev–Trinajstić information content (AvgIpc) is 2.24. The molecule has 1 unspecified atom stereocenters. The highest BCUT2D eigenvalue weighted by Gasteiger charge is 2.08. The molecular formula is C12H22N2O. The summed E-state index contributed by atoms with van der Waals surface area (Å²) in [5.41, 5.74) is 5.49. The van der Waals surface area contributed by atoms with E-state index in [0.29, 0.717) is 31.8 Å². The van der Waals surface area contributed by atoms with E-state index < -0.39 is 0 Å². The lowest BCUT2D eigenvalue weighted by Crippen LogP contribution is -2.24. The van der Waals surface area contributed by atoms with Crippen molar-refractivity contribution in [3.8, 4) is 12.3 Å². The lowest BCUT2D eigenvalue weighted by molar-refractivity contribution is -0.121. The van der Waals surface area contributed by atoms with Crippen molar-refractivity contribution >= 4 is 5.91 Å². The summed E-state index contributed by atoms with van der Waals surface area (Å²) < 4.78 is 0. The normalized spacial score (nSPS) is 11.8. The third kappa shape index (κ3) is 8.02. The van der Waals surface area contributed by atoms with Crippen LogP contribution in [-0.4, -0.2) is 19.0 Å². The summed E-state index contributed by atoms with van der Waals surface area (Å²) in [7, 11) is 0. The maximum atomic E-state index is 11.3. The molecule has 0 aromatic heterocycles. The number of carbonyl (C=O) groups excluding carboxylic acids is 1. The Balaban J connectivity index is 3.55. The lowest BCUT2D eigenvalue weighted by Gasteiger charge is -2.12. The molecule has 0 radical (unpaired) electrons. The molecule has 3 nitrogen and oxygen atoms in total. The molecule has 0 aromatic rings. The maximum Gasteiger partial charge on any atom is 0.220 e. The Bertz CT molecular complexity index is 208. The van der Waals surface area contributed by atoms with Gasteiger partial charge in [0.25, 0.3) is 0 Å². The zero-order valence-corrected chi connectivity index (χ0v) is 9.59. The Morgan fingerprint density at radius 1 is 1.53 bits per heavy atom. The molecule has 0 fully saturated rings. The van der Waals surface area contributed by atoms with Crippen LogP contribution in [0.4, 0.5) is 0 Å². The third-order valence-electron chi connectivity index (χ3n) is 2.52. The fourth-order valence-electron chi connectivity index (χ4n) is 1.49. The largest absolute Gasteiger partial charge is 0.355 e. The van der Waals surface area contributed by atoms with Gasteiger partial charge in [-0.25, -0.2) is 0 Å². The molecule has 0 aliphatic heterocycles. The zero-order valence-electron chi connectivity index (χ0n) is 9.59. The van der Waals surface area contributed by atoms with E-state index in [1.165, 1.54) is 0 Å². The van der Waals surface area contributed by atoms with Crippen LogP contribution in [0.2, 0.25) is 0 Å². The van der Waals surface area contributed by atoms with Crippen molar-refractivity contribution in [1.82, 2.24) is 5.32 Å². The summed E-state index contributed by atoms with van der Waals surface area (Å²) in [5.74, 6) is 3.16. The van der Waals surface area contributed by atoms with Crippen molar-refractivity contribution in [2.75, 3.05) is 13.1 Å². The molecule has 0 rings (SSSR count). The van der Waals surface area contributed by atoms with E-state index in [0.717, 1.165) is 19.3 Å². The molecule has 1 amide bonds. The van der Waals surface area contributed by atoms with Crippen LogP contribution in [0.5, 0.6) is 0 Å². The second kappa shape index (κ2) is 9.54. The Kier molecular flexibility index (Phi) is 8.90. The van der Waals surface area contributed by atoms with Crippen molar-refractivity contribution in [2.24, 2.45) is 11.7 Å². The predicted molar refractivity (Wildman–Crippen MR) is 63.1 cm³/mol. The fraction of sp³-hybridized carbons (Fsp3) is 0.750. The topological polar surface area (TPSA) is 55.1 Å². The van der Waals surface area contributed by atoms with Crippen molar-refractivity contribution in [1.29, 1.82) is 0 Å². The van der Waals surface area contributed by atoms with Crippen LogP contribution in [0.3, 0.4) is 0 Å². The minimum absolute atomic E-state index is 0.0979. The van der Waals surface area contributed by atoms with Gasteiger partial charge in [-0.1, -0.05) is 13.3 Å². The van der Waals surface area contributed by atoms with Crippen molar-refractivity contribution in [2.45, 2.75) is 39.0 Å². The highest BCUT2D eigenvalue weighted by molar-refractivity contribution is 5.75. The zero-order chi connectivity index (χ0) is 11.5. The third-order valence-corrected chi connectivity index (χ3v) is 2.52. The number of nitrogens with one attached hydrogen (secondary N) is 1. The summed E-state index contributed by atoms with van der Waals surface area (Å²) in [6.45, 7) is 3.43. The number of hydrogen-bond acceptors (Lipinski definition) is 2. The molecule has 0 aliphatic carbocycles. The van der Waals surface area contributed by atoms with Crippen LogP contribution in [0.1, 0.15) is 39.0 Å². The number of amides is 1. The van der Waals surface area contributed by atoms with Gasteiger partial charge in [-0.05, 0) is 25.3 Å². The van der Waals surface area contributed by atoms with E-state index in [4.69, 9.17) is 12.2 Å². The Morgan fingerprint density at radius 2 is 2.27 bits per heavy atom. The van der Waals surface area contributed by atoms with E-state index in [-0.39, 0.29) is 5.91 Å². The molecule has 3 heteroatoms. The molecule has 15 heavy (non-hydrogen) atoms. The van der Waals surface area contributed by atoms with E-state index in [2.05, 4.69) is 18.2 Å². The number of carbonyl (C=O) groups is 1. The van der Waals surface area contributed by atoms with E-state index in [9.17, 15) is 4.79 Å². The molecular weight excluding hydrogens is 188 g/mol. The van der Waals surface area contributed by atoms with Gasteiger partial charge < -0.3 is 11.1 Å². The first-order chi connectivity index (χ1) is 7.24. The first-order valence-corrected chi connectivity index (χ1v) is 5.64. The van der Waals surface area contributed by atoms with Gasteiger partial charge >= 0.3 is 0 Å². The molecule has 0 aliphatic rings. The number of rotatable bonds is 8. The van der Waals surface area contributed by atoms with Crippen LogP contribution in [-0.2, 0) is 4.79 Å². The maximum absolute atomic E-state index is 11.3. The Hall–Kier alpha value is -1.01. The molecule has 3 N–H and O–H groups in total. The van der Waals surface area contributed by atoms with E-state index in [1.807, 2.05) is 0 Å². The molecule has 0 saturated heterocycles. The van der Waals surface area contributed by atoms with Crippen LogP contribution in [0.25, 0.3) is 0 Å². The van der Waals surface area contributed by atoms with Gasteiger partial charge in [-0.2, -0.15) is 0 Å². The van der Waals surface area contributed by atoms with Crippen LogP contribution < -0.4 is 11.1 Å². The van der Waals surface area contributed by atoms with Gasteiger partial charge in [-0.15, -0.1) is 12.3 Å². The molecule has 0 spiro atoms. The van der Waals surface area contributed by atoms with Crippen molar-refractivity contribution in [3.63, 3.8) is 0 Å². The fourth-order valence-corrected chi connectivity index (χ4v) is 1.49. The van der Waals surface area contributed by atoms with Gasteiger partial charge in [-0.3, -0.25) is 4.79 Å². The lowest BCUT2D eigenvalue weighted by atomic mass is 9.96. The minimum Gasteiger partial charge on any atom is -0.355 e. The highest BCUT2D eigenvalue weighted by atomic mass is 16.1. The second-order valence-electron chi connectivity index (χ2n) is 3.69. The van der Waals surface area contributed by atoms with E-state index in [1.54, 1.807) is 0 Å². The van der Waals surface area contributed by atoms with Crippen molar-refractivity contribution in [3.05, 3.63) is 0 Å². The minimum atomic E-state index is 0.0979. The highest BCUT2D eigenvalue weighted by Crippen LogP contribution is 2.13. The molecule has 0 bridgehead atoms. The smallest absolute Gasteiger partial charge is 0.220 e. The Labute approximate surface area is 92.8 Å². The van der Waals surface area contributed by atoms with Gasteiger partial charge in [0.15, 0.2) is 0 Å². The Morgan fingerprint density at radius 3 is 2.80 bits per heavy atom. The monoisotopic (exact) mass is 210 g/mol. The summed E-state index contributed by atoms with van der Waals surface area (Å²) in [4.78, 5) is 11.3. The quantitative estimate of drug-likeness (QED) is 0.468. The van der Waals surface area contributed by atoms with Crippen LogP contribution in [0, 0.1) is 18.3 Å². The van der Waals surface area contributed by atoms with Crippen molar-refractivity contribution < 1.29 is 4.79 Å². The molecule has 0 aromatic carbocycles. The molecule has 0 heterocycles. The summed E-state index contributed by atoms with van der Waals surface area (Å²) in [5, 5.41) is 2.79. The first kappa shape index (κ1) is 14.0. The summed E-state index contributed by atoms with van der Waals surface area (Å²) in [6.07, 6.45) is 9.30. The number of terminal acetylenes is 1. The van der Waals surface area contributed by atoms with Gasteiger partial charge in [0.05, 0.1) is 0 Å². The number of nitrogens with two attached hydrogens (primary N) is 1. The van der Waals surface area contributed by atoms with Crippen LogP contribution >= 0.6 is 0 Å². The van der Waals surface area contributed by atoms with Crippen LogP contribution in [0.15, 0.2) is 0 Å². The molecule has 1 atom stereocenters. The average molecular weight is 210 g/mol. The predicted octanol–water partition coefficient (Wildman–Crippen LogP) is 1.28. The van der Waals surface area contributed by atoms with Gasteiger partial charge in [0.1, 0.15) is 0 Å². The molecule has 86 valence electrons.